The molecule has 3 saturated heterocycles. The topological polar surface area (TPSA) is 117 Å². The molecule has 5 amide bonds. The Balaban J connectivity index is 1.12. The number of hydrogen-bond donors (Lipinski definition) is 3. The van der Waals surface area contributed by atoms with Gasteiger partial charge in [-0.15, -0.1) is 11.3 Å². The average Bonchev–Trinajstić information content (AvgIpc) is 3.45. The number of rotatable bonds is 6. The van der Waals surface area contributed by atoms with Gasteiger partial charge in [-0.05, 0) is 83.7 Å². The summed E-state index contributed by atoms with van der Waals surface area (Å²) < 4.78 is 41.6. The first-order valence-corrected chi connectivity index (χ1v) is 18.7. The van der Waals surface area contributed by atoms with Crippen LogP contribution < -0.4 is 16.4 Å². The first-order chi connectivity index (χ1) is 23.4. The molecule has 4 aliphatic rings. The van der Waals surface area contributed by atoms with Crippen molar-refractivity contribution >= 4 is 56.6 Å². The number of nitrogens with two attached hydrogens (primary N) is 1. The lowest BCUT2D eigenvalue weighted by atomic mass is 9.98. The number of hydrogen-bond acceptors (Lipinski definition) is 7. The summed E-state index contributed by atoms with van der Waals surface area (Å²) in [4.78, 5) is 50.7. The van der Waals surface area contributed by atoms with E-state index >= 15 is 0 Å². The second-order valence-electron chi connectivity index (χ2n) is 13.5. The lowest BCUT2D eigenvalue weighted by Gasteiger charge is -2.42. The van der Waals surface area contributed by atoms with Crippen molar-refractivity contribution in [1.29, 1.82) is 0 Å². The van der Waals surface area contributed by atoms with Crippen molar-refractivity contribution in [3.63, 3.8) is 0 Å². The molecule has 6 rings (SSSR count). The van der Waals surface area contributed by atoms with Gasteiger partial charge in [0.15, 0.2) is 0 Å². The van der Waals surface area contributed by atoms with Gasteiger partial charge in [0.1, 0.15) is 6.04 Å². The van der Waals surface area contributed by atoms with Gasteiger partial charge in [-0.2, -0.15) is 13.2 Å². The summed E-state index contributed by atoms with van der Waals surface area (Å²) in [5.74, 6) is -0.310. The molecule has 3 fully saturated rings. The van der Waals surface area contributed by atoms with Crippen molar-refractivity contribution in [3.8, 4) is 0 Å². The molecule has 0 radical (unpaired) electrons. The second-order valence-corrected chi connectivity index (χ2v) is 15.1. The van der Waals surface area contributed by atoms with E-state index < -0.39 is 29.5 Å². The van der Waals surface area contributed by atoms with Crippen LogP contribution in [0.3, 0.4) is 0 Å². The summed E-state index contributed by atoms with van der Waals surface area (Å²) in [6.45, 7) is 6.34. The normalized spacial score (nSPS) is 21.2. The minimum absolute atomic E-state index is 0.0383. The Morgan fingerprint density at radius 2 is 1.63 bits per heavy atom. The fourth-order valence-electron chi connectivity index (χ4n) is 7.45. The molecule has 0 aliphatic carbocycles. The van der Waals surface area contributed by atoms with E-state index in [2.05, 4.69) is 43.4 Å². The van der Waals surface area contributed by atoms with Crippen LogP contribution in [0.25, 0.3) is 0 Å². The number of anilines is 2. The highest BCUT2D eigenvalue weighted by Crippen LogP contribution is 2.38. The molecule has 5 heterocycles. The predicted molar refractivity (Wildman–Crippen MR) is 187 cm³/mol. The van der Waals surface area contributed by atoms with Crippen LogP contribution in [-0.2, 0) is 23.8 Å². The van der Waals surface area contributed by atoms with Crippen LogP contribution in [0, 0.1) is 0 Å². The number of alkyl halides is 3. The Kier molecular flexibility index (Phi) is 11.0. The Bertz CT molecular complexity index is 1520. The lowest BCUT2D eigenvalue weighted by molar-refractivity contribution is -0.137. The maximum absolute atomic E-state index is 14.0. The molecule has 268 valence electrons. The SMILES string of the molecule is CN1CCN(C2CCN(C(=O)[C@@H](Cc3cc(Br)c(N)c(C(F)(F)F)c3)NC(=O)N3CCC(N4CCc5cscc5NC4=O)CC3)CC2)CC1. The number of nitrogen functional groups attached to an aromatic ring is 1. The van der Waals surface area contributed by atoms with Gasteiger partial charge in [0.2, 0.25) is 5.91 Å². The monoisotopic (exact) mass is 768 g/mol. The summed E-state index contributed by atoms with van der Waals surface area (Å²) in [5, 5.41) is 9.87. The number of benzene rings is 1. The van der Waals surface area contributed by atoms with E-state index in [-0.39, 0.29) is 34.4 Å². The van der Waals surface area contributed by atoms with E-state index in [1.165, 1.54) is 6.07 Å². The number of nitrogens with one attached hydrogen (secondary N) is 2. The van der Waals surface area contributed by atoms with E-state index in [9.17, 15) is 27.6 Å². The summed E-state index contributed by atoms with van der Waals surface area (Å²) in [6, 6.07) is 1.11. The number of likely N-dealkylation sites (N-methyl/N-ethyl adjacent to an activating group) is 1. The van der Waals surface area contributed by atoms with E-state index in [0.29, 0.717) is 51.6 Å². The van der Waals surface area contributed by atoms with Crippen LogP contribution >= 0.6 is 27.3 Å². The maximum atomic E-state index is 14.0. The Morgan fingerprint density at radius 1 is 0.980 bits per heavy atom. The Morgan fingerprint density at radius 3 is 2.31 bits per heavy atom. The molecule has 1 atom stereocenters. The first-order valence-electron chi connectivity index (χ1n) is 16.9. The van der Waals surface area contributed by atoms with Crippen LogP contribution in [0.4, 0.5) is 34.1 Å². The molecule has 11 nitrogen and oxygen atoms in total. The summed E-state index contributed by atoms with van der Waals surface area (Å²) in [6.07, 6.45) is -1.31. The number of nitrogens with zero attached hydrogens (tertiary/aromatic N) is 5. The van der Waals surface area contributed by atoms with E-state index in [1.54, 1.807) is 21.1 Å². The number of fused-ring (bicyclic) bond motifs is 1. The molecule has 2 aromatic rings. The fourth-order valence-corrected chi connectivity index (χ4v) is 8.78. The number of piperazine rings is 1. The van der Waals surface area contributed by atoms with Crippen molar-refractivity contribution in [2.75, 3.05) is 77.0 Å². The van der Waals surface area contributed by atoms with Crippen molar-refractivity contribution < 1.29 is 27.6 Å². The van der Waals surface area contributed by atoms with E-state index in [4.69, 9.17) is 5.73 Å². The molecule has 16 heteroatoms. The van der Waals surface area contributed by atoms with Crippen molar-refractivity contribution in [2.24, 2.45) is 0 Å². The number of halogens is 4. The van der Waals surface area contributed by atoms with Gasteiger partial charge < -0.3 is 36.0 Å². The smallest absolute Gasteiger partial charge is 0.397 e. The predicted octanol–water partition coefficient (Wildman–Crippen LogP) is 4.53. The highest BCUT2D eigenvalue weighted by Gasteiger charge is 2.37. The zero-order valence-electron chi connectivity index (χ0n) is 27.6. The summed E-state index contributed by atoms with van der Waals surface area (Å²) in [7, 11) is 2.11. The zero-order chi connectivity index (χ0) is 34.9. The number of likely N-dealkylation sites (tertiary alicyclic amines) is 2. The van der Waals surface area contributed by atoms with Crippen LogP contribution in [0.2, 0.25) is 0 Å². The molecule has 1 aromatic carbocycles. The molecule has 4 aliphatic heterocycles. The van der Waals surface area contributed by atoms with Gasteiger partial charge in [-0.1, -0.05) is 0 Å². The average molecular weight is 770 g/mol. The van der Waals surface area contributed by atoms with Gasteiger partial charge >= 0.3 is 18.2 Å². The summed E-state index contributed by atoms with van der Waals surface area (Å²) >= 11 is 4.71. The number of thiophene rings is 1. The number of amides is 5. The molecular weight excluding hydrogens is 725 g/mol. The van der Waals surface area contributed by atoms with Gasteiger partial charge in [-0.3, -0.25) is 9.69 Å². The molecule has 0 unspecified atom stereocenters. The molecular formula is C33H44BrF3N8O3S. The van der Waals surface area contributed by atoms with Gasteiger partial charge in [-0.25, -0.2) is 9.59 Å². The third-order valence-corrected chi connectivity index (χ3v) is 11.9. The minimum Gasteiger partial charge on any atom is -0.397 e. The molecule has 0 spiro atoms. The third kappa shape index (κ3) is 8.29. The van der Waals surface area contributed by atoms with Gasteiger partial charge in [0.05, 0.1) is 16.9 Å². The Labute approximate surface area is 297 Å². The van der Waals surface area contributed by atoms with Crippen molar-refractivity contribution in [3.05, 3.63) is 44.1 Å². The first kappa shape index (κ1) is 35.7. The quantitative estimate of drug-likeness (QED) is 0.373. The van der Waals surface area contributed by atoms with Crippen LogP contribution in [0.5, 0.6) is 0 Å². The molecule has 4 N–H and O–H groups in total. The number of urea groups is 2. The standard InChI is InChI=1S/C33H44BrF3N8O3S/c1-41-12-14-42(15-13-41)23-3-7-43(8-4-23)30(46)27(18-21-16-25(33(35,36)37)29(38)26(34)17-21)39-31(47)44-9-5-24(6-10-44)45-11-2-22-19-49-20-28(22)40-32(45)48/h16-17,19-20,23-24,27H,2-15,18,38H2,1H3,(H,39,47)(H,40,48)/t27-/m1/s1. The lowest BCUT2D eigenvalue weighted by Crippen LogP contribution is -2.58. The molecule has 0 bridgehead atoms. The van der Waals surface area contributed by atoms with Crippen LogP contribution in [0.15, 0.2) is 27.4 Å². The Hall–Kier alpha value is -3.08. The largest absolute Gasteiger partial charge is 0.418 e. The highest BCUT2D eigenvalue weighted by atomic mass is 79.9. The maximum Gasteiger partial charge on any atom is 0.418 e. The molecule has 0 saturated carbocycles. The van der Waals surface area contributed by atoms with E-state index in [1.807, 2.05) is 15.7 Å². The van der Waals surface area contributed by atoms with Crippen molar-refractivity contribution in [1.82, 2.24) is 29.8 Å². The second kappa shape index (κ2) is 15.0. The van der Waals surface area contributed by atoms with Crippen LogP contribution in [-0.4, -0.2) is 127 Å². The van der Waals surface area contributed by atoms with Crippen molar-refractivity contribution in [2.45, 2.75) is 62.8 Å². The third-order valence-electron chi connectivity index (χ3n) is 10.4. The summed E-state index contributed by atoms with van der Waals surface area (Å²) in [5.41, 5.74) is 6.54. The zero-order valence-corrected chi connectivity index (χ0v) is 30.0. The highest BCUT2D eigenvalue weighted by molar-refractivity contribution is 9.10. The number of piperidine rings is 2. The van der Waals surface area contributed by atoms with Crippen LogP contribution in [0.1, 0.15) is 42.4 Å². The fraction of sp³-hybridized carbons (Fsp3) is 0.606. The molecule has 49 heavy (non-hydrogen) atoms. The van der Waals surface area contributed by atoms with E-state index in [0.717, 1.165) is 62.8 Å². The number of carbonyl (C=O) groups excluding carboxylic acids is 3. The minimum atomic E-state index is -4.68. The molecule has 1 aromatic heterocycles. The van der Waals surface area contributed by atoms with Gasteiger partial charge in [0, 0.05) is 87.3 Å². The van der Waals surface area contributed by atoms with Gasteiger partial charge in [0.25, 0.3) is 0 Å². The number of carbonyl (C=O) groups is 3.